The number of methoxy groups -OCH3 is 1. The van der Waals surface area contributed by atoms with E-state index in [9.17, 15) is 67.8 Å². The number of aliphatic hydroxyl groups is 4. The van der Waals surface area contributed by atoms with Crippen LogP contribution < -0.4 is 32.9 Å². The first-order valence-corrected chi connectivity index (χ1v) is 27.6. The topological polar surface area (TPSA) is 553 Å². The molecule has 0 radical (unpaired) electrons. The predicted molar refractivity (Wildman–Crippen MR) is 242 cm³/mol. The zero-order valence-electron chi connectivity index (χ0n) is 38.3. The Kier molecular flexibility index (Phi) is 14.8. The van der Waals surface area contributed by atoms with E-state index in [4.69, 9.17) is 49.7 Å². The smallest absolute Gasteiger partial charge is 0.396 e. The summed E-state index contributed by atoms with van der Waals surface area (Å²) in [6.45, 7) is -4.14. The molecule has 0 saturated carbocycles. The molecule has 9 rings (SSSR count). The Labute approximate surface area is 415 Å². The molecule has 3 aliphatic heterocycles. The zero-order chi connectivity index (χ0) is 54.3. The third kappa shape index (κ3) is 10.6. The van der Waals surface area contributed by atoms with Crippen molar-refractivity contribution in [1.82, 2.24) is 53.6 Å². The van der Waals surface area contributed by atoms with Gasteiger partial charge in [0, 0.05) is 13.0 Å². The number of phosphoric ester groups is 2. The molecule has 6 aromatic heterocycles. The van der Waals surface area contributed by atoms with E-state index >= 15 is 0 Å². The highest BCUT2D eigenvalue weighted by Crippen LogP contribution is 2.68. The SMILES string of the molecule is CO[C@@H]1[C@H](P(=O)(O)OC[C@H]2O[C@@H](n3cnc4c(=O)[nH]c(N)nc43)[C@H](O)[C@@H]2O)[C@@H](COP(=O)(O)OP(=O)(O)OP(=O)(O)OC[C@H]2O[C@@H]([n+]3cn(C)c4c(=O)[nH]c(N)nc43)[C@H](O)[C@@H]2CO)O[C@H]1n1cnc2c(N)ncnc21. The number of H-pyrrole nitrogens is 2. The molecule has 4 unspecified atom stereocenters. The van der Waals surface area contributed by atoms with E-state index in [1.54, 1.807) is 0 Å². The number of nitrogens with one attached hydrogen (secondary N) is 2. The molecule has 0 aliphatic carbocycles. The molecule has 0 aromatic carbocycles. The molecule has 0 amide bonds. The summed E-state index contributed by atoms with van der Waals surface area (Å²) in [5, 5.41) is 43.1. The normalized spacial score (nSPS) is 30.5. The zero-order valence-corrected chi connectivity index (χ0v) is 41.8. The van der Waals surface area contributed by atoms with Crippen LogP contribution in [0.5, 0.6) is 0 Å². The van der Waals surface area contributed by atoms with Crippen molar-refractivity contribution in [2.75, 3.05) is 50.7 Å². The Bertz CT molecular complexity index is 3470. The van der Waals surface area contributed by atoms with Crippen molar-refractivity contribution < 1.29 is 104 Å². The van der Waals surface area contributed by atoms with Crippen LogP contribution in [0.2, 0.25) is 0 Å². The van der Waals surface area contributed by atoms with Crippen LogP contribution in [-0.4, -0.2) is 175 Å². The first-order chi connectivity index (χ1) is 35.2. The van der Waals surface area contributed by atoms with Crippen LogP contribution in [0.25, 0.3) is 33.5 Å². The molecule has 16 N–H and O–H groups in total. The van der Waals surface area contributed by atoms with Crippen molar-refractivity contribution >= 4 is 82.3 Å². The highest BCUT2D eigenvalue weighted by atomic mass is 31.3. The maximum atomic E-state index is 14.4. The summed E-state index contributed by atoms with van der Waals surface area (Å²) >= 11 is 0. The Morgan fingerprint density at radius 3 is 1.99 bits per heavy atom. The van der Waals surface area contributed by atoms with Gasteiger partial charge in [-0.1, -0.05) is 4.98 Å². The summed E-state index contributed by atoms with van der Waals surface area (Å²) in [6.07, 6.45) is -11.7. The van der Waals surface area contributed by atoms with Crippen molar-refractivity contribution in [2.24, 2.45) is 13.0 Å². The number of nitrogen functional groups attached to an aromatic ring is 3. The molecule has 75 heavy (non-hydrogen) atoms. The Morgan fingerprint density at radius 1 is 0.720 bits per heavy atom. The lowest BCUT2D eigenvalue weighted by Gasteiger charge is -2.28. The molecule has 42 heteroatoms. The van der Waals surface area contributed by atoms with Gasteiger partial charge in [0.15, 0.2) is 41.4 Å². The van der Waals surface area contributed by atoms with Crippen LogP contribution in [-0.2, 0) is 66.4 Å². The molecule has 3 saturated heterocycles. The summed E-state index contributed by atoms with van der Waals surface area (Å²) in [6, 6.07) is 0. The number of aromatic amines is 2. The van der Waals surface area contributed by atoms with E-state index in [2.05, 4.69) is 48.5 Å². The minimum Gasteiger partial charge on any atom is -0.396 e. The minimum absolute atomic E-state index is 0.000391. The Balaban J connectivity index is 0.885. The number of aliphatic hydroxyl groups excluding tert-OH is 4. The number of nitrogens with zero attached hydrogens (tertiary/aromatic N) is 10. The second kappa shape index (κ2) is 20.4. The highest BCUT2D eigenvalue weighted by Gasteiger charge is 2.58. The van der Waals surface area contributed by atoms with Gasteiger partial charge in [-0.25, -0.2) is 38.2 Å². The third-order valence-corrected chi connectivity index (χ3v) is 18.3. The highest BCUT2D eigenvalue weighted by molar-refractivity contribution is 7.66. The molecule has 6 aromatic rings. The van der Waals surface area contributed by atoms with E-state index in [1.807, 2.05) is 0 Å². The summed E-state index contributed by atoms with van der Waals surface area (Å²) in [4.78, 5) is 96.7. The number of phosphoric acid groups is 3. The molecule has 410 valence electrons. The number of aryl methyl sites for hydroxylation is 1. The maximum absolute atomic E-state index is 14.4. The van der Waals surface area contributed by atoms with Gasteiger partial charge in [-0.3, -0.25) is 46.9 Å². The van der Waals surface area contributed by atoms with Crippen LogP contribution in [0.4, 0.5) is 17.7 Å². The number of rotatable bonds is 19. The summed E-state index contributed by atoms with van der Waals surface area (Å²) in [5.74, 6) is -1.98. The Morgan fingerprint density at radius 2 is 1.32 bits per heavy atom. The van der Waals surface area contributed by atoms with E-state index in [0.717, 1.165) is 30.7 Å². The number of nitrogens with two attached hydrogens (primary N) is 3. The number of hydrogen-bond acceptors (Lipinski definition) is 28. The van der Waals surface area contributed by atoms with Gasteiger partial charge in [0.1, 0.15) is 54.1 Å². The largest absolute Gasteiger partial charge is 0.490 e. The molecule has 16 atom stereocenters. The van der Waals surface area contributed by atoms with Gasteiger partial charge in [-0.15, -0.1) is 0 Å². The number of imidazole rings is 3. The predicted octanol–water partition coefficient (Wildman–Crippen LogP) is -4.39. The molecule has 0 bridgehead atoms. The van der Waals surface area contributed by atoms with E-state index in [-0.39, 0.29) is 51.2 Å². The van der Waals surface area contributed by atoms with Crippen LogP contribution in [0, 0.1) is 5.92 Å². The van der Waals surface area contributed by atoms with Gasteiger partial charge in [-0.2, -0.15) is 13.6 Å². The lowest BCUT2D eigenvalue weighted by Crippen LogP contribution is -2.45. The second-order valence-electron chi connectivity index (χ2n) is 16.8. The van der Waals surface area contributed by atoms with Crippen LogP contribution >= 0.6 is 31.1 Å². The van der Waals surface area contributed by atoms with Gasteiger partial charge in [-0.05, 0) is 0 Å². The van der Waals surface area contributed by atoms with Gasteiger partial charge in [0.25, 0.3) is 17.1 Å². The fourth-order valence-corrected chi connectivity index (χ4v) is 14.1. The number of fused-ring (bicyclic) bond motifs is 3. The van der Waals surface area contributed by atoms with Crippen LogP contribution in [0.1, 0.15) is 18.7 Å². The monoisotopic (exact) mass is 1140 g/mol. The number of ether oxygens (including phenoxy) is 4. The number of anilines is 3. The molecular weight excluding hydrogens is 1100 g/mol. The maximum Gasteiger partial charge on any atom is 0.490 e. The summed E-state index contributed by atoms with van der Waals surface area (Å²) in [5.41, 5.74) is 13.6. The fourth-order valence-electron chi connectivity index (χ4n) is 8.80. The van der Waals surface area contributed by atoms with Crippen molar-refractivity contribution in [3.05, 3.63) is 46.0 Å². The molecule has 3 fully saturated rings. The first-order valence-electron chi connectivity index (χ1n) is 21.5. The van der Waals surface area contributed by atoms with E-state index < -0.39 is 142 Å². The van der Waals surface area contributed by atoms with Crippen molar-refractivity contribution in [3.63, 3.8) is 0 Å². The molecular formula is C33H46N15O23P4+. The van der Waals surface area contributed by atoms with Gasteiger partial charge in [0.05, 0.1) is 52.2 Å². The lowest BCUT2D eigenvalue weighted by atomic mass is 9.99. The van der Waals surface area contributed by atoms with Crippen molar-refractivity contribution in [3.8, 4) is 0 Å². The first kappa shape index (κ1) is 54.7. The standard InChI is InChI=1S/C33H45N15O23P4/c1-45-10-48(26-17(45)28(54)44-33(36)42-26)29-18(50)11(3-49)12(67-29)4-65-73(57,58)70-75(61,62)71-74(59,60)66-6-14-22(21(63-2)31(69-14)46-8-39-15-23(34)37-7-38-24(15)46)72(55,56)64-5-13-19(51)20(52)30(68-13)47-9-40-16-25(47)41-32(35)43-27(16)53/h7-14,18-22,29-31,49-52H,3-6H2,1-2H3,(H11-,34,35,36,37,38,41,42,43,44,53,54,55,56,57,58,59,60,61,62)/p+1/t11-,12-,13-,14-,18-,19-,20-,21-,22-,29-,30-,31-/m1/s1. The summed E-state index contributed by atoms with van der Waals surface area (Å²) < 4.78 is 105. The Hall–Kier alpha value is -5.11. The number of hydrogen-bond donors (Lipinski definition) is 13. The molecule has 0 spiro atoms. The fraction of sp³-hybridized carbons (Fsp3) is 0.545. The van der Waals surface area contributed by atoms with Crippen molar-refractivity contribution in [1.29, 1.82) is 0 Å². The molecule has 38 nitrogen and oxygen atoms in total. The third-order valence-electron chi connectivity index (χ3n) is 12.1. The molecule has 9 heterocycles. The molecule has 3 aliphatic rings. The second-order valence-corrected chi connectivity index (χ2v) is 23.5. The van der Waals surface area contributed by atoms with Crippen LogP contribution in [0.15, 0.2) is 34.9 Å². The quantitative estimate of drug-likeness (QED) is 0.0269. The van der Waals surface area contributed by atoms with Gasteiger partial charge < -0.3 is 80.7 Å². The minimum atomic E-state index is -6.21. The van der Waals surface area contributed by atoms with Gasteiger partial charge in [0.2, 0.25) is 17.7 Å². The average molecular weight is 1140 g/mol. The van der Waals surface area contributed by atoms with Gasteiger partial charge >= 0.3 is 36.7 Å². The van der Waals surface area contributed by atoms with Crippen molar-refractivity contribution in [2.45, 2.75) is 67.1 Å². The van der Waals surface area contributed by atoms with E-state index in [1.165, 1.54) is 27.1 Å². The summed E-state index contributed by atoms with van der Waals surface area (Å²) in [7, 11) is -20.8. The van der Waals surface area contributed by atoms with Crippen LogP contribution in [0.3, 0.4) is 0 Å². The average Bonchev–Trinajstić information content (AvgIpc) is 4.18. The number of aromatic nitrogens is 12. The van der Waals surface area contributed by atoms with E-state index in [0.29, 0.717) is 0 Å². The lowest BCUT2D eigenvalue weighted by molar-refractivity contribution is -0.745.